The molecule has 132 valence electrons. The van der Waals surface area contributed by atoms with Crippen LogP contribution in [0.1, 0.15) is 12.5 Å². The maximum absolute atomic E-state index is 5.97. The number of aliphatic imine (C=N–C) groups is 1. The molecule has 3 rings (SSSR count). The lowest BCUT2D eigenvalue weighted by molar-refractivity contribution is 0.270. The van der Waals surface area contributed by atoms with Gasteiger partial charge in [-0.1, -0.05) is 25.1 Å². The molecule has 1 aromatic heterocycles. The molecule has 2 aromatic rings. The molecule has 1 fully saturated rings. The highest BCUT2D eigenvalue weighted by Gasteiger charge is 2.16. The average molecular weight is 338 g/mol. The molecule has 6 heteroatoms. The zero-order chi connectivity index (χ0) is 17.5. The van der Waals surface area contributed by atoms with Gasteiger partial charge in [0.05, 0.1) is 6.54 Å². The number of rotatable bonds is 5. The monoisotopic (exact) mass is 338 g/mol. The average Bonchev–Trinajstić information content (AvgIpc) is 2.67. The summed E-state index contributed by atoms with van der Waals surface area (Å²) in [6.45, 7) is 8.08. The smallest absolute Gasteiger partial charge is 0.193 e. The lowest BCUT2D eigenvalue weighted by Gasteiger charge is -2.34. The maximum atomic E-state index is 5.97. The van der Waals surface area contributed by atoms with Crippen molar-refractivity contribution >= 4 is 17.5 Å². The highest BCUT2D eigenvalue weighted by molar-refractivity contribution is 5.92. The Labute approximate surface area is 149 Å². The Morgan fingerprint density at radius 1 is 1.16 bits per heavy atom. The first-order valence-corrected chi connectivity index (χ1v) is 8.79. The van der Waals surface area contributed by atoms with Crippen LogP contribution in [-0.4, -0.2) is 48.6 Å². The number of aromatic nitrogens is 1. The van der Waals surface area contributed by atoms with Crippen LogP contribution in [0.5, 0.6) is 0 Å². The summed E-state index contributed by atoms with van der Waals surface area (Å²) in [4.78, 5) is 13.7. The van der Waals surface area contributed by atoms with Crippen LogP contribution in [0.25, 0.3) is 0 Å². The van der Waals surface area contributed by atoms with E-state index in [0.29, 0.717) is 12.5 Å². The molecule has 2 heterocycles. The third-order valence-corrected chi connectivity index (χ3v) is 4.43. The highest BCUT2D eigenvalue weighted by Crippen LogP contribution is 2.15. The van der Waals surface area contributed by atoms with E-state index in [1.165, 1.54) is 0 Å². The molecule has 25 heavy (non-hydrogen) atoms. The van der Waals surface area contributed by atoms with E-state index in [-0.39, 0.29) is 0 Å². The third-order valence-electron chi connectivity index (χ3n) is 4.43. The molecule has 0 radical (unpaired) electrons. The quantitative estimate of drug-likeness (QED) is 0.646. The SMILES string of the molecule is CCN1CCN(c2cc(CN=C(N)Nc3ccccc3)ccn2)CC1. The molecule has 6 nitrogen and oxygen atoms in total. The van der Waals surface area contributed by atoms with Crippen molar-refractivity contribution in [3.8, 4) is 0 Å². The Hall–Kier alpha value is -2.60. The summed E-state index contributed by atoms with van der Waals surface area (Å²) in [5.41, 5.74) is 8.02. The number of anilines is 2. The number of para-hydroxylation sites is 1. The van der Waals surface area contributed by atoms with Gasteiger partial charge in [-0.15, -0.1) is 0 Å². The topological polar surface area (TPSA) is 69.8 Å². The summed E-state index contributed by atoms with van der Waals surface area (Å²) in [6.07, 6.45) is 1.85. The molecule has 0 spiro atoms. The first-order chi connectivity index (χ1) is 12.2. The van der Waals surface area contributed by atoms with Crippen molar-refractivity contribution in [3.05, 3.63) is 54.2 Å². The number of nitrogens with two attached hydrogens (primary N) is 1. The number of nitrogens with one attached hydrogen (secondary N) is 1. The van der Waals surface area contributed by atoms with Gasteiger partial charge < -0.3 is 20.9 Å². The van der Waals surface area contributed by atoms with E-state index < -0.39 is 0 Å². The number of hydrogen-bond acceptors (Lipinski definition) is 4. The van der Waals surface area contributed by atoms with E-state index in [4.69, 9.17) is 5.73 Å². The summed E-state index contributed by atoms with van der Waals surface area (Å²) in [6, 6.07) is 13.9. The highest BCUT2D eigenvalue weighted by atomic mass is 15.3. The summed E-state index contributed by atoms with van der Waals surface area (Å²) < 4.78 is 0. The van der Waals surface area contributed by atoms with Crippen molar-refractivity contribution in [2.75, 3.05) is 42.9 Å². The zero-order valence-electron chi connectivity index (χ0n) is 14.7. The molecule has 1 aromatic carbocycles. The molecule has 1 aliphatic rings. The molecule has 0 aliphatic carbocycles. The van der Waals surface area contributed by atoms with Gasteiger partial charge in [-0.2, -0.15) is 0 Å². The van der Waals surface area contributed by atoms with Gasteiger partial charge in [-0.25, -0.2) is 9.98 Å². The molecule has 1 aliphatic heterocycles. The van der Waals surface area contributed by atoms with Crippen LogP contribution in [0.2, 0.25) is 0 Å². The Morgan fingerprint density at radius 2 is 1.92 bits per heavy atom. The first kappa shape index (κ1) is 17.2. The normalized spacial score (nSPS) is 16.0. The zero-order valence-corrected chi connectivity index (χ0v) is 14.7. The Kier molecular flexibility index (Phi) is 5.85. The molecule has 1 saturated heterocycles. The van der Waals surface area contributed by atoms with Gasteiger partial charge in [0.1, 0.15) is 5.82 Å². The number of piperazine rings is 1. The van der Waals surface area contributed by atoms with Gasteiger partial charge in [0.25, 0.3) is 0 Å². The van der Waals surface area contributed by atoms with Gasteiger partial charge in [0.2, 0.25) is 0 Å². The van der Waals surface area contributed by atoms with Crippen molar-refractivity contribution in [2.45, 2.75) is 13.5 Å². The van der Waals surface area contributed by atoms with Crippen molar-refractivity contribution in [1.29, 1.82) is 0 Å². The fraction of sp³-hybridized carbons (Fsp3) is 0.368. The standard InChI is InChI=1S/C19H26N6/c1-2-24-10-12-25(13-11-24)18-14-16(8-9-21-18)15-22-19(20)23-17-6-4-3-5-7-17/h3-9,14H,2,10-13,15H2,1H3,(H3,20,22,23). The summed E-state index contributed by atoms with van der Waals surface area (Å²) in [5, 5.41) is 3.10. The number of pyridine rings is 1. The lowest BCUT2D eigenvalue weighted by atomic mass is 10.2. The Bertz CT molecular complexity index is 692. The fourth-order valence-corrected chi connectivity index (χ4v) is 2.91. The van der Waals surface area contributed by atoms with Crippen molar-refractivity contribution in [2.24, 2.45) is 10.7 Å². The predicted molar refractivity (Wildman–Crippen MR) is 104 cm³/mol. The molecule has 0 unspecified atom stereocenters. The van der Waals surface area contributed by atoms with Crippen molar-refractivity contribution in [3.63, 3.8) is 0 Å². The molecule has 0 saturated carbocycles. The van der Waals surface area contributed by atoms with Gasteiger partial charge in [0.15, 0.2) is 5.96 Å². The van der Waals surface area contributed by atoms with E-state index in [9.17, 15) is 0 Å². The van der Waals surface area contributed by atoms with Crippen LogP contribution in [0.3, 0.4) is 0 Å². The van der Waals surface area contributed by atoms with Crippen LogP contribution in [-0.2, 0) is 6.54 Å². The van der Waals surface area contributed by atoms with Gasteiger partial charge >= 0.3 is 0 Å². The Balaban J connectivity index is 1.59. The number of nitrogens with zero attached hydrogens (tertiary/aromatic N) is 4. The van der Waals surface area contributed by atoms with E-state index in [1.807, 2.05) is 42.6 Å². The van der Waals surface area contributed by atoms with Crippen LogP contribution >= 0.6 is 0 Å². The summed E-state index contributed by atoms with van der Waals surface area (Å²) in [7, 11) is 0. The number of benzene rings is 1. The lowest BCUT2D eigenvalue weighted by Crippen LogP contribution is -2.46. The number of hydrogen-bond donors (Lipinski definition) is 2. The summed E-state index contributed by atoms with van der Waals surface area (Å²) in [5.74, 6) is 1.44. The molecular formula is C19H26N6. The Morgan fingerprint density at radius 3 is 2.64 bits per heavy atom. The van der Waals surface area contributed by atoms with E-state index in [1.54, 1.807) is 0 Å². The third kappa shape index (κ3) is 4.93. The van der Waals surface area contributed by atoms with Crippen LogP contribution in [0.15, 0.2) is 53.7 Å². The van der Waals surface area contributed by atoms with Gasteiger partial charge in [-0.3, -0.25) is 0 Å². The second kappa shape index (κ2) is 8.48. The van der Waals surface area contributed by atoms with Crippen molar-refractivity contribution < 1.29 is 0 Å². The fourth-order valence-electron chi connectivity index (χ4n) is 2.91. The van der Waals surface area contributed by atoms with Crippen LogP contribution in [0, 0.1) is 0 Å². The van der Waals surface area contributed by atoms with Crippen molar-refractivity contribution in [1.82, 2.24) is 9.88 Å². The molecule has 0 atom stereocenters. The molecule has 0 amide bonds. The van der Waals surface area contributed by atoms with Gasteiger partial charge in [0, 0.05) is 38.1 Å². The van der Waals surface area contributed by atoms with Gasteiger partial charge in [-0.05, 0) is 36.4 Å². The van der Waals surface area contributed by atoms with Crippen LogP contribution < -0.4 is 16.0 Å². The largest absolute Gasteiger partial charge is 0.370 e. The molecule has 0 bridgehead atoms. The molecule has 3 N–H and O–H groups in total. The van der Waals surface area contributed by atoms with E-state index in [0.717, 1.165) is 49.8 Å². The number of likely N-dealkylation sites (N-methyl/N-ethyl adjacent to an activating group) is 1. The van der Waals surface area contributed by atoms with E-state index >= 15 is 0 Å². The second-order valence-corrected chi connectivity index (χ2v) is 6.14. The van der Waals surface area contributed by atoms with Crippen LogP contribution in [0.4, 0.5) is 11.5 Å². The van der Waals surface area contributed by atoms with E-state index in [2.05, 4.69) is 38.1 Å². The number of guanidine groups is 1. The minimum absolute atomic E-state index is 0.418. The summed E-state index contributed by atoms with van der Waals surface area (Å²) >= 11 is 0. The molecular weight excluding hydrogens is 312 g/mol. The first-order valence-electron chi connectivity index (χ1n) is 8.79. The minimum atomic E-state index is 0.418. The minimum Gasteiger partial charge on any atom is -0.370 e. The maximum Gasteiger partial charge on any atom is 0.193 e. The second-order valence-electron chi connectivity index (χ2n) is 6.14. The predicted octanol–water partition coefficient (Wildman–Crippen LogP) is 2.15.